The fraction of sp³-hybridized carbons (Fsp3) is 0.182. The molecule has 0 unspecified atom stereocenters. The van der Waals surface area contributed by atoms with Crippen LogP contribution >= 0.6 is 0 Å². The number of rotatable bonds is 6. The first-order valence-electron chi connectivity index (χ1n) is 8.49. The minimum absolute atomic E-state index is 0.0325. The normalized spacial score (nSPS) is 10.5. The van der Waals surface area contributed by atoms with Crippen LogP contribution in [0, 0.1) is 0 Å². The third-order valence-corrected chi connectivity index (χ3v) is 4.32. The van der Waals surface area contributed by atoms with E-state index >= 15 is 0 Å². The molecule has 0 atom stereocenters. The molecule has 0 bridgehead atoms. The van der Waals surface area contributed by atoms with Crippen molar-refractivity contribution in [2.75, 3.05) is 13.7 Å². The quantitative estimate of drug-likeness (QED) is 0.631. The fourth-order valence-electron chi connectivity index (χ4n) is 2.83. The maximum atomic E-state index is 12.4. The molecule has 3 aromatic rings. The summed E-state index contributed by atoms with van der Waals surface area (Å²) in [6.07, 6.45) is 0. The maximum Gasteiger partial charge on any atom is 0.260 e. The lowest BCUT2D eigenvalue weighted by atomic mass is 10.0. The van der Waals surface area contributed by atoms with Crippen LogP contribution in [0.1, 0.15) is 22.8 Å². The van der Waals surface area contributed by atoms with Gasteiger partial charge < -0.3 is 9.64 Å². The highest BCUT2D eigenvalue weighted by Gasteiger charge is 2.12. The standard InChI is InChI=1S/C22H21NO3/c1-16(24)18-9-6-11-20(13-18)26-15-22(25)23(2)14-19-10-5-8-17-7-3-4-12-21(17)19/h3-13H,14-15H2,1-2H3. The van der Waals surface area contributed by atoms with Crippen LogP contribution in [0.2, 0.25) is 0 Å². The van der Waals surface area contributed by atoms with Crippen molar-refractivity contribution in [1.82, 2.24) is 4.90 Å². The number of nitrogens with zero attached hydrogens (tertiary/aromatic N) is 1. The zero-order valence-electron chi connectivity index (χ0n) is 14.9. The lowest BCUT2D eigenvalue weighted by Crippen LogP contribution is -2.31. The summed E-state index contributed by atoms with van der Waals surface area (Å²) in [5.74, 6) is 0.366. The van der Waals surface area contributed by atoms with Gasteiger partial charge in [-0.15, -0.1) is 0 Å². The molecule has 0 aliphatic heterocycles. The number of ether oxygens (including phenoxy) is 1. The topological polar surface area (TPSA) is 46.6 Å². The maximum absolute atomic E-state index is 12.4. The van der Waals surface area contributed by atoms with Crippen molar-refractivity contribution in [2.24, 2.45) is 0 Å². The Morgan fingerprint density at radius 1 is 0.962 bits per heavy atom. The van der Waals surface area contributed by atoms with Crippen LogP contribution in [0.15, 0.2) is 66.7 Å². The molecule has 0 saturated heterocycles. The van der Waals surface area contributed by atoms with E-state index in [9.17, 15) is 9.59 Å². The van der Waals surface area contributed by atoms with E-state index in [1.54, 1.807) is 36.2 Å². The van der Waals surface area contributed by atoms with Crippen LogP contribution in [0.25, 0.3) is 10.8 Å². The van der Waals surface area contributed by atoms with Crippen LogP contribution in [0.5, 0.6) is 5.75 Å². The molecule has 0 aliphatic carbocycles. The summed E-state index contributed by atoms with van der Waals surface area (Å²) in [6, 6.07) is 21.1. The Kier molecular flexibility index (Phi) is 5.32. The van der Waals surface area contributed by atoms with E-state index in [0.29, 0.717) is 17.9 Å². The van der Waals surface area contributed by atoms with E-state index < -0.39 is 0 Å². The zero-order valence-corrected chi connectivity index (χ0v) is 14.9. The lowest BCUT2D eigenvalue weighted by Gasteiger charge is -2.19. The lowest BCUT2D eigenvalue weighted by molar-refractivity contribution is -0.132. The average Bonchev–Trinajstić information content (AvgIpc) is 2.66. The second-order valence-electron chi connectivity index (χ2n) is 6.26. The largest absolute Gasteiger partial charge is 0.484 e. The van der Waals surface area contributed by atoms with E-state index in [1.807, 2.05) is 24.3 Å². The summed E-state index contributed by atoms with van der Waals surface area (Å²) in [7, 11) is 1.76. The number of amides is 1. The number of ketones is 1. The first-order chi connectivity index (χ1) is 12.5. The molecule has 0 aliphatic rings. The molecule has 26 heavy (non-hydrogen) atoms. The molecule has 0 heterocycles. The molecule has 0 aromatic heterocycles. The highest BCUT2D eigenvalue weighted by Crippen LogP contribution is 2.20. The highest BCUT2D eigenvalue weighted by atomic mass is 16.5. The third kappa shape index (κ3) is 4.09. The second-order valence-corrected chi connectivity index (χ2v) is 6.26. The highest BCUT2D eigenvalue weighted by molar-refractivity contribution is 5.94. The van der Waals surface area contributed by atoms with Gasteiger partial charge in [0.1, 0.15) is 5.75 Å². The number of benzene rings is 3. The molecule has 4 nitrogen and oxygen atoms in total. The van der Waals surface area contributed by atoms with Crippen molar-refractivity contribution in [3.05, 3.63) is 77.9 Å². The second kappa shape index (κ2) is 7.83. The number of hydrogen-bond donors (Lipinski definition) is 0. The first-order valence-corrected chi connectivity index (χ1v) is 8.49. The molecule has 132 valence electrons. The molecule has 0 N–H and O–H groups in total. The van der Waals surface area contributed by atoms with Crippen LogP contribution in [-0.2, 0) is 11.3 Å². The first kappa shape index (κ1) is 17.7. The number of hydrogen-bond acceptors (Lipinski definition) is 3. The molecule has 1 amide bonds. The molecular weight excluding hydrogens is 326 g/mol. The average molecular weight is 347 g/mol. The van der Waals surface area contributed by atoms with Crippen molar-refractivity contribution < 1.29 is 14.3 Å². The van der Waals surface area contributed by atoms with Gasteiger partial charge in [0, 0.05) is 19.2 Å². The Hall–Kier alpha value is -3.14. The van der Waals surface area contributed by atoms with E-state index in [2.05, 4.69) is 18.2 Å². The Balaban J connectivity index is 1.64. The molecule has 0 spiro atoms. The SMILES string of the molecule is CC(=O)c1cccc(OCC(=O)N(C)Cc2cccc3ccccc23)c1. The van der Waals surface area contributed by atoms with Crippen molar-refractivity contribution in [3.63, 3.8) is 0 Å². The molecule has 3 aromatic carbocycles. The number of carbonyl (C=O) groups is 2. The zero-order chi connectivity index (χ0) is 18.5. The number of carbonyl (C=O) groups excluding carboxylic acids is 2. The molecule has 0 saturated carbocycles. The van der Waals surface area contributed by atoms with Crippen molar-refractivity contribution in [3.8, 4) is 5.75 Å². The summed E-state index contributed by atoms with van der Waals surface area (Å²) >= 11 is 0. The predicted octanol–water partition coefficient (Wildman–Crippen LogP) is 4.08. The third-order valence-electron chi connectivity index (χ3n) is 4.32. The van der Waals surface area contributed by atoms with Gasteiger partial charge in [-0.05, 0) is 35.4 Å². The summed E-state index contributed by atoms with van der Waals surface area (Å²) in [5, 5.41) is 2.30. The minimum Gasteiger partial charge on any atom is -0.484 e. The Bertz CT molecular complexity index is 944. The Morgan fingerprint density at radius 3 is 2.50 bits per heavy atom. The van der Waals surface area contributed by atoms with Crippen molar-refractivity contribution in [1.29, 1.82) is 0 Å². The molecule has 0 fully saturated rings. The van der Waals surface area contributed by atoms with Gasteiger partial charge in [-0.1, -0.05) is 54.6 Å². The van der Waals surface area contributed by atoms with Crippen molar-refractivity contribution in [2.45, 2.75) is 13.5 Å². The van der Waals surface area contributed by atoms with Crippen LogP contribution < -0.4 is 4.74 Å². The molecular formula is C22H21NO3. The van der Waals surface area contributed by atoms with Gasteiger partial charge in [-0.2, -0.15) is 0 Å². The fourth-order valence-corrected chi connectivity index (χ4v) is 2.83. The van der Waals surface area contributed by atoms with Gasteiger partial charge in [0.25, 0.3) is 5.91 Å². The van der Waals surface area contributed by atoms with E-state index in [-0.39, 0.29) is 18.3 Å². The monoisotopic (exact) mass is 347 g/mol. The van der Waals surface area contributed by atoms with E-state index in [1.165, 1.54) is 6.92 Å². The van der Waals surface area contributed by atoms with E-state index in [0.717, 1.165) is 16.3 Å². The molecule has 3 rings (SSSR count). The summed E-state index contributed by atoms with van der Waals surface area (Å²) in [5.41, 5.74) is 1.66. The molecule has 4 heteroatoms. The summed E-state index contributed by atoms with van der Waals surface area (Å²) in [4.78, 5) is 25.5. The number of fused-ring (bicyclic) bond motifs is 1. The minimum atomic E-state index is -0.119. The van der Waals surface area contributed by atoms with Gasteiger partial charge in [0.15, 0.2) is 12.4 Å². The van der Waals surface area contributed by atoms with Gasteiger partial charge in [0.2, 0.25) is 0 Å². The number of Topliss-reactive ketones (excluding diaryl/α,β-unsaturated/α-hetero) is 1. The summed E-state index contributed by atoms with van der Waals surface area (Å²) < 4.78 is 5.56. The van der Waals surface area contributed by atoms with Gasteiger partial charge >= 0.3 is 0 Å². The van der Waals surface area contributed by atoms with E-state index in [4.69, 9.17) is 4.74 Å². The van der Waals surface area contributed by atoms with Crippen LogP contribution in [0.3, 0.4) is 0 Å². The smallest absolute Gasteiger partial charge is 0.260 e. The van der Waals surface area contributed by atoms with Gasteiger partial charge in [0.05, 0.1) is 0 Å². The van der Waals surface area contributed by atoms with Gasteiger partial charge in [-0.25, -0.2) is 0 Å². The summed E-state index contributed by atoms with van der Waals surface area (Å²) in [6.45, 7) is 1.95. The van der Waals surface area contributed by atoms with Gasteiger partial charge in [-0.3, -0.25) is 9.59 Å². The number of likely N-dealkylation sites (N-methyl/N-ethyl adjacent to an activating group) is 1. The van der Waals surface area contributed by atoms with Crippen molar-refractivity contribution >= 4 is 22.5 Å². The molecule has 0 radical (unpaired) electrons. The Labute approximate surface area is 153 Å². The van der Waals surface area contributed by atoms with Crippen LogP contribution in [0.4, 0.5) is 0 Å². The predicted molar refractivity (Wildman–Crippen MR) is 102 cm³/mol. The Morgan fingerprint density at radius 2 is 1.69 bits per heavy atom. The van der Waals surface area contributed by atoms with Crippen LogP contribution in [-0.4, -0.2) is 30.2 Å².